The molecule has 0 radical (unpaired) electrons. The fraction of sp³-hybridized carbons (Fsp3) is 0.211. The predicted molar refractivity (Wildman–Crippen MR) is 101 cm³/mol. The monoisotopic (exact) mass is 387 g/mol. The SMILES string of the molecule is CC(=O)NCc1ccc(-c2csc(NC(=O)CCc3cccc(F)c3)n2)o1. The van der Waals surface area contributed by atoms with Crippen molar-refractivity contribution in [1.29, 1.82) is 0 Å². The molecule has 2 N–H and O–H groups in total. The summed E-state index contributed by atoms with van der Waals surface area (Å²) in [7, 11) is 0. The minimum atomic E-state index is -0.311. The Morgan fingerprint density at radius 1 is 1.26 bits per heavy atom. The lowest BCUT2D eigenvalue weighted by Crippen LogP contribution is -2.18. The summed E-state index contributed by atoms with van der Waals surface area (Å²) in [6.45, 7) is 1.75. The van der Waals surface area contributed by atoms with Crippen molar-refractivity contribution in [3.05, 3.63) is 58.9 Å². The number of hydrogen-bond donors (Lipinski definition) is 2. The van der Waals surface area contributed by atoms with Crippen molar-refractivity contribution in [2.45, 2.75) is 26.3 Å². The van der Waals surface area contributed by atoms with E-state index < -0.39 is 0 Å². The van der Waals surface area contributed by atoms with Crippen LogP contribution < -0.4 is 10.6 Å². The van der Waals surface area contributed by atoms with Crippen molar-refractivity contribution >= 4 is 28.3 Å². The molecule has 6 nitrogen and oxygen atoms in total. The van der Waals surface area contributed by atoms with Gasteiger partial charge in [0.2, 0.25) is 11.8 Å². The van der Waals surface area contributed by atoms with Crippen molar-refractivity contribution in [2.75, 3.05) is 5.32 Å². The summed E-state index contributed by atoms with van der Waals surface area (Å²) < 4.78 is 18.8. The van der Waals surface area contributed by atoms with Gasteiger partial charge in [-0.05, 0) is 36.2 Å². The molecule has 2 amide bonds. The highest BCUT2D eigenvalue weighted by molar-refractivity contribution is 7.14. The van der Waals surface area contributed by atoms with Gasteiger partial charge in [0.05, 0.1) is 6.54 Å². The molecule has 0 aliphatic carbocycles. The summed E-state index contributed by atoms with van der Waals surface area (Å²) in [6, 6.07) is 9.73. The number of thiazole rings is 1. The van der Waals surface area contributed by atoms with Crippen LogP contribution in [-0.2, 0) is 22.6 Å². The molecule has 27 heavy (non-hydrogen) atoms. The first-order valence-corrected chi connectivity index (χ1v) is 9.21. The second kappa shape index (κ2) is 8.59. The molecule has 8 heteroatoms. The van der Waals surface area contributed by atoms with Gasteiger partial charge in [-0.3, -0.25) is 9.59 Å². The Bertz CT molecular complexity index is 951. The number of carbonyl (C=O) groups is 2. The number of benzene rings is 1. The minimum absolute atomic E-state index is 0.134. The lowest BCUT2D eigenvalue weighted by Gasteiger charge is -2.02. The number of aromatic nitrogens is 1. The third-order valence-electron chi connectivity index (χ3n) is 3.71. The van der Waals surface area contributed by atoms with Crippen LogP contribution in [0, 0.1) is 5.82 Å². The lowest BCUT2D eigenvalue weighted by molar-refractivity contribution is -0.119. The Balaban J connectivity index is 1.54. The predicted octanol–water partition coefficient (Wildman–Crippen LogP) is 3.75. The number of amides is 2. The number of rotatable bonds is 7. The van der Waals surface area contributed by atoms with Crippen LogP contribution in [0.25, 0.3) is 11.5 Å². The molecular formula is C19H18FN3O3S. The molecule has 0 unspecified atom stereocenters. The fourth-order valence-corrected chi connectivity index (χ4v) is 3.11. The summed E-state index contributed by atoms with van der Waals surface area (Å²) in [5.74, 6) is 0.547. The van der Waals surface area contributed by atoms with E-state index in [-0.39, 0.29) is 24.1 Å². The first-order chi connectivity index (χ1) is 13.0. The standard InChI is InChI=1S/C19H18FN3O3S/c1-12(24)21-10-15-6-7-17(26-15)16-11-27-19(22-16)23-18(25)8-5-13-3-2-4-14(20)9-13/h2-4,6-7,9,11H,5,8,10H2,1H3,(H,21,24)(H,22,23,25). The summed E-state index contributed by atoms with van der Waals surface area (Å²) in [5, 5.41) is 7.65. The normalized spacial score (nSPS) is 10.6. The van der Waals surface area contributed by atoms with Gasteiger partial charge in [0, 0.05) is 18.7 Å². The average Bonchev–Trinajstić information content (AvgIpc) is 3.27. The molecule has 0 atom stereocenters. The maximum absolute atomic E-state index is 13.2. The Morgan fingerprint density at radius 3 is 2.89 bits per heavy atom. The Kier molecular flexibility index (Phi) is 5.97. The average molecular weight is 387 g/mol. The summed E-state index contributed by atoms with van der Waals surface area (Å²) in [4.78, 5) is 27.3. The van der Waals surface area contributed by atoms with Crippen LogP contribution in [0.5, 0.6) is 0 Å². The van der Waals surface area contributed by atoms with Crippen molar-refractivity contribution in [3.8, 4) is 11.5 Å². The van der Waals surface area contributed by atoms with Crippen LogP contribution >= 0.6 is 11.3 Å². The van der Waals surface area contributed by atoms with E-state index in [9.17, 15) is 14.0 Å². The van der Waals surface area contributed by atoms with Crippen molar-refractivity contribution in [1.82, 2.24) is 10.3 Å². The van der Waals surface area contributed by atoms with Gasteiger partial charge < -0.3 is 15.1 Å². The third kappa shape index (κ3) is 5.49. The Morgan fingerprint density at radius 2 is 2.11 bits per heavy atom. The smallest absolute Gasteiger partial charge is 0.226 e. The zero-order chi connectivity index (χ0) is 19.2. The van der Waals surface area contributed by atoms with Crippen molar-refractivity contribution in [3.63, 3.8) is 0 Å². The minimum Gasteiger partial charge on any atom is -0.458 e. The van der Waals surface area contributed by atoms with Crippen LogP contribution in [0.1, 0.15) is 24.7 Å². The second-order valence-corrected chi connectivity index (χ2v) is 6.75. The van der Waals surface area contributed by atoms with Gasteiger partial charge in [-0.1, -0.05) is 12.1 Å². The highest BCUT2D eigenvalue weighted by Crippen LogP contribution is 2.26. The summed E-state index contributed by atoms with van der Waals surface area (Å²) >= 11 is 1.29. The zero-order valence-electron chi connectivity index (χ0n) is 14.6. The van der Waals surface area contributed by atoms with E-state index >= 15 is 0 Å². The van der Waals surface area contributed by atoms with Gasteiger partial charge >= 0.3 is 0 Å². The van der Waals surface area contributed by atoms with Crippen molar-refractivity contribution < 1.29 is 18.4 Å². The molecule has 2 aromatic heterocycles. The molecule has 0 saturated heterocycles. The number of aryl methyl sites for hydroxylation is 1. The molecule has 140 valence electrons. The molecular weight excluding hydrogens is 369 g/mol. The molecule has 0 bridgehead atoms. The van der Waals surface area contributed by atoms with Gasteiger partial charge in [0.15, 0.2) is 10.9 Å². The number of furan rings is 1. The fourth-order valence-electron chi connectivity index (χ4n) is 2.40. The first kappa shape index (κ1) is 18.8. The third-order valence-corrected chi connectivity index (χ3v) is 4.46. The molecule has 1 aromatic carbocycles. The number of anilines is 1. The molecule has 3 rings (SSSR count). The van der Waals surface area contributed by atoms with Gasteiger partial charge in [-0.2, -0.15) is 0 Å². The van der Waals surface area contributed by atoms with Crippen LogP contribution in [0.3, 0.4) is 0 Å². The van der Waals surface area contributed by atoms with Gasteiger partial charge in [0.25, 0.3) is 0 Å². The van der Waals surface area contributed by atoms with Gasteiger partial charge in [-0.25, -0.2) is 9.37 Å². The van der Waals surface area contributed by atoms with Crippen molar-refractivity contribution in [2.24, 2.45) is 0 Å². The Labute approximate surface area is 159 Å². The highest BCUT2D eigenvalue weighted by atomic mass is 32.1. The molecule has 2 heterocycles. The van der Waals surface area contributed by atoms with Gasteiger partial charge in [0.1, 0.15) is 17.3 Å². The van der Waals surface area contributed by atoms with E-state index in [1.54, 1.807) is 29.6 Å². The van der Waals surface area contributed by atoms with Gasteiger partial charge in [-0.15, -0.1) is 11.3 Å². The van der Waals surface area contributed by atoms with E-state index in [4.69, 9.17) is 4.42 Å². The zero-order valence-corrected chi connectivity index (χ0v) is 15.4. The summed E-state index contributed by atoms with van der Waals surface area (Å²) in [6.07, 6.45) is 0.687. The molecule has 0 aliphatic rings. The number of carbonyl (C=O) groups excluding carboxylic acids is 2. The molecule has 3 aromatic rings. The highest BCUT2D eigenvalue weighted by Gasteiger charge is 2.11. The maximum atomic E-state index is 13.2. The topological polar surface area (TPSA) is 84.2 Å². The number of halogens is 1. The molecule has 0 aliphatic heterocycles. The Hall–Kier alpha value is -3.00. The van der Waals surface area contributed by atoms with Crippen LogP contribution in [0.2, 0.25) is 0 Å². The summed E-state index contributed by atoms with van der Waals surface area (Å²) in [5.41, 5.74) is 1.38. The molecule has 0 saturated carbocycles. The van der Waals surface area contributed by atoms with E-state index in [0.717, 1.165) is 5.56 Å². The number of nitrogens with one attached hydrogen (secondary N) is 2. The van der Waals surface area contributed by atoms with E-state index in [1.165, 1.54) is 30.4 Å². The maximum Gasteiger partial charge on any atom is 0.226 e. The van der Waals surface area contributed by atoms with Crippen LogP contribution in [0.4, 0.5) is 9.52 Å². The largest absolute Gasteiger partial charge is 0.458 e. The van der Waals surface area contributed by atoms with Crippen LogP contribution in [-0.4, -0.2) is 16.8 Å². The first-order valence-electron chi connectivity index (χ1n) is 8.33. The van der Waals surface area contributed by atoms with E-state index in [0.29, 0.717) is 35.3 Å². The quantitative estimate of drug-likeness (QED) is 0.647. The lowest BCUT2D eigenvalue weighted by atomic mass is 10.1. The second-order valence-electron chi connectivity index (χ2n) is 5.89. The number of hydrogen-bond acceptors (Lipinski definition) is 5. The van der Waals surface area contributed by atoms with Crippen LogP contribution in [0.15, 0.2) is 46.2 Å². The van der Waals surface area contributed by atoms with E-state index in [1.807, 2.05) is 0 Å². The van der Waals surface area contributed by atoms with E-state index in [2.05, 4.69) is 15.6 Å². The number of nitrogens with zero attached hydrogens (tertiary/aromatic N) is 1. The molecule has 0 fully saturated rings. The molecule has 0 spiro atoms.